The smallest absolute Gasteiger partial charge is 0.434 e. The van der Waals surface area contributed by atoms with Gasteiger partial charge in [-0.3, -0.25) is 0 Å². The van der Waals surface area contributed by atoms with E-state index in [1.165, 1.54) is 12.1 Å². The van der Waals surface area contributed by atoms with Gasteiger partial charge >= 0.3 is 12.1 Å². The number of alkyl halides is 3. The van der Waals surface area contributed by atoms with Crippen LogP contribution in [0.1, 0.15) is 16.1 Å². The summed E-state index contributed by atoms with van der Waals surface area (Å²) >= 11 is 0. The second-order valence-electron chi connectivity index (χ2n) is 3.11. The fourth-order valence-corrected chi connectivity index (χ4v) is 1.25. The fraction of sp³-hybridized carbons (Fsp3) is 0.111. The summed E-state index contributed by atoms with van der Waals surface area (Å²) in [6, 6.07) is 2.42. The highest BCUT2D eigenvalue weighted by Gasteiger charge is 2.33. The second-order valence-corrected chi connectivity index (χ2v) is 3.11. The molecule has 0 saturated carbocycles. The van der Waals surface area contributed by atoms with Crippen LogP contribution in [-0.2, 0) is 6.18 Å². The summed E-state index contributed by atoms with van der Waals surface area (Å²) in [6.45, 7) is 0. The molecule has 84 valence electrons. The Morgan fingerprint density at radius 2 is 2.00 bits per heavy atom. The Hall–Kier alpha value is -2.05. The van der Waals surface area contributed by atoms with Gasteiger partial charge in [-0.25, -0.2) is 9.78 Å². The molecule has 0 unspecified atom stereocenters. The maximum atomic E-state index is 12.3. The van der Waals surface area contributed by atoms with Crippen LogP contribution in [0.15, 0.2) is 24.5 Å². The van der Waals surface area contributed by atoms with Crippen LogP contribution in [-0.4, -0.2) is 20.5 Å². The number of carboxylic acids is 1. The van der Waals surface area contributed by atoms with Gasteiger partial charge in [0.15, 0.2) is 5.69 Å². The summed E-state index contributed by atoms with van der Waals surface area (Å²) in [5, 5.41) is 8.65. The van der Waals surface area contributed by atoms with Crippen molar-refractivity contribution in [2.75, 3.05) is 0 Å². The summed E-state index contributed by atoms with van der Waals surface area (Å²) in [7, 11) is 0. The first-order chi connectivity index (χ1) is 7.38. The van der Waals surface area contributed by atoms with Gasteiger partial charge in [0.05, 0.1) is 5.56 Å². The normalized spacial score (nSPS) is 11.9. The minimum Gasteiger partial charge on any atom is -0.478 e. The maximum Gasteiger partial charge on any atom is 0.434 e. The predicted molar refractivity (Wildman–Crippen MR) is 47.2 cm³/mol. The number of carbonyl (C=O) groups is 1. The molecule has 2 aromatic rings. The monoisotopic (exact) mass is 230 g/mol. The van der Waals surface area contributed by atoms with Crippen LogP contribution in [0, 0.1) is 0 Å². The number of imidazole rings is 1. The molecule has 2 rings (SSSR count). The van der Waals surface area contributed by atoms with Crippen molar-refractivity contribution in [3.05, 3.63) is 35.8 Å². The van der Waals surface area contributed by atoms with E-state index in [2.05, 4.69) is 4.98 Å². The van der Waals surface area contributed by atoms with Crippen LogP contribution < -0.4 is 0 Å². The number of aromatic nitrogens is 2. The number of hydrogen-bond donors (Lipinski definition) is 1. The van der Waals surface area contributed by atoms with Crippen LogP contribution in [0.5, 0.6) is 0 Å². The van der Waals surface area contributed by atoms with E-state index in [-0.39, 0.29) is 11.2 Å². The molecule has 16 heavy (non-hydrogen) atoms. The number of rotatable bonds is 1. The van der Waals surface area contributed by atoms with Gasteiger partial charge in [0.2, 0.25) is 0 Å². The zero-order valence-corrected chi connectivity index (χ0v) is 7.69. The predicted octanol–water partition coefficient (Wildman–Crippen LogP) is 2.05. The zero-order chi connectivity index (χ0) is 11.9. The van der Waals surface area contributed by atoms with Crippen molar-refractivity contribution in [2.45, 2.75) is 6.18 Å². The van der Waals surface area contributed by atoms with Gasteiger partial charge in [0.1, 0.15) is 5.65 Å². The van der Waals surface area contributed by atoms with Crippen molar-refractivity contribution < 1.29 is 23.1 Å². The third-order valence-corrected chi connectivity index (χ3v) is 1.99. The number of pyridine rings is 1. The van der Waals surface area contributed by atoms with Crippen molar-refractivity contribution in [1.29, 1.82) is 0 Å². The van der Waals surface area contributed by atoms with Crippen molar-refractivity contribution >= 4 is 11.6 Å². The lowest BCUT2D eigenvalue weighted by atomic mass is 10.3. The maximum absolute atomic E-state index is 12.3. The number of nitrogens with zero attached hydrogens (tertiary/aromatic N) is 2. The Balaban J connectivity index is 2.59. The first-order valence-corrected chi connectivity index (χ1v) is 4.17. The molecule has 0 aliphatic heterocycles. The van der Waals surface area contributed by atoms with Gasteiger partial charge in [0.25, 0.3) is 0 Å². The first-order valence-electron chi connectivity index (χ1n) is 4.17. The lowest BCUT2D eigenvalue weighted by Gasteiger charge is -1.98. The zero-order valence-electron chi connectivity index (χ0n) is 7.69. The van der Waals surface area contributed by atoms with Crippen LogP contribution in [0.2, 0.25) is 0 Å². The summed E-state index contributed by atoms with van der Waals surface area (Å²) in [5.41, 5.74) is -1.09. The van der Waals surface area contributed by atoms with E-state index in [0.29, 0.717) is 0 Å². The van der Waals surface area contributed by atoms with E-state index in [9.17, 15) is 18.0 Å². The Morgan fingerprint density at radius 1 is 1.31 bits per heavy atom. The lowest BCUT2D eigenvalue weighted by Crippen LogP contribution is -2.04. The molecule has 1 N–H and O–H groups in total. The van der Waals surface area contributed by atoms with E-state index in [0.717, 1.165) is 16.8 Å². The Kier molecular flexibility index (Phi) is 2.11. The minimum atomic E-state index is -4.53. The van der Waals surface area contributed by atoms with Crippen molar-refractivity contribution in [3.63, 3.8) is 0 Å². The Labute approximate surface area is 87.0 Å². The van der Waals surface area contributed by atoms with E-state index in [1.54, 1.807) is 0 Å². The second kappa shape index (κ2) is 3.22. The van der Waals surface area contributed by atoms with Crippen LogP contribution in [0.25, 0.3) is 5.65 Å². The standard InChI is InChI=1S/C9H5F3N2O2/c10-9(11,12)6-4-14-3-5(8(15)16)1-2-7(14)13-6/h1-4H,(H,15,16). The average molecular weight is 230 g/mol. The van der Waals surface area contributed by atoms with Crippen molar-refractivity contribution in [1.82, 2.24) is 9.38 Å². The molecule has 2 aromatic heterocycles. The van der Waals surface area contributed by atoms with Gasteiger partial charge in [-0.2, -0.15) is 13.2 Å². The molecule has 0 atom stereocenters. The third kappa shape index (κ3) is 1.71. The SMILES string of the molecule is O=C(O)c1ccc2nc(C(F)(F)F)cn2c1. The summed E-state index contributed by atoms with van der Waals surface area (Å²) in [5.74, 6) is -1.20. The van der Waals surface area contributed by atoms with Gasteiger partial charge in [0, 0.05) is 12.4 Å². The molecule has 0 aliphatic rings. The molecule has 0 spiro atoms. The first kappa shape index (κ1) is 10.5. The number of aromatic carboxylic acids is 1. The summed E-state index contributed by atoms with van der Waals surface area (Å²) in [6.07, 6.45) is -2.70. The molecule has 0 saturated heterocycles. The topological polar surface area (TPSA) is 54.6 Å². The fourth-order valence-electron chi connectivity index (χ4n) is 1.25. The Morgan fingerprint density at radius 3 is 2.56 bits per heavy atom. The van der Waals surface area contributed by atoms with Crippen molar-refractivity contribution in [2.24, 2.45) is 0 Å². The number of halogens is 3. The molecule has 0 amide bonds. The number of hydrogen-bond acceptors (Lipinski definition) is 2. The summed E-state index contributed by atoms with van der Waals surface area (Å²) in [4.78, 5) is 13.9. The molecule has 7 heteroatoms. The lowest BCUT2D eigenvalue weighted by molar-refractivity contribution is -0.140. The van der Waals surface area contributed by atoms with Gasteiger partial charge in [-0.1, -0.05) is 0 Å². The molecule has 0 radical (unpaired) electrons. The van der Waals surface area contributed by atoms with Crippen molar-refractivity contribution in [3.8, 4) is 0 Å². The minimum absolute atomic E-state index is 0.0531. The molecule has 0 aliphatic carbocycles. The molecule has 2 heterocycles. The summed E-state index contributed by atoms with van der Waals surface area (Å²) < 4.78 is 37.9. The van der Waals surface area contributed by atoms with E-state index in [1.807, 2.05) is 0 Å². The van der Waals surface area contributed by atoms with E-state index < -0.39 is 17.8 Å². The largest absolute Gasteiger partial charge is 0.478 e. The molecular weight excluding hydrogens is 225 g/mol. The molecular formula is C9H5F3N2O2. The average Bonchev–Trinajstić information content (AvgIpc) is 2.58. The van der Waals surface area contributed by atoms with E-state index in [4.69, 9.17) is 5.11 Å². The number of fused-ring (bicyclic) bond motifs is 1. The molecule has 4 nitrogen and oxygen atoms in total. The van der Waals surface area contributed by atoms with Gasteiger partial charge in [-0.05, 0) is 12.1 Å². The highest BCUT2D eigenvalue weighted by atomic mass is 19.4. The van der Waals surface area contributed by atoms with E-state index >= 15 is 0 Å². The molecule has 0 fully saturated rings. The van der Waals surface area contributed by atoms with Crippen LogP contribution >= 0.6 is 0 Å². The molecule has 0 bridgehead atoms. The molecule has 0 aromatic carbocycles. The van der Waals surface area contributed by atoms with Gasteiger partial charge in [-0.15, -0.1) is 0 Å². The number of carboxylic acid groups (broad SMARTS) is 1. The van der Waals surface area contributed by atoms with Crippen LogP contribution in [0.3, 0.4) is 0 Å². The Bertz CT molecular complexity index is 559. The van der Waals surface area contributed by atoms with Gasteiger partial charge < -0.3 is 9.51 Å². The van der Waals surface area contributed by atoms with Crippen LogP contribution in [0.4, 0.5) is 13.2 Å². The quantitative estimate of drug-likeness (QED) is 0.815. The third-order valence-electron chi connectivity index (χ3n) is 1.99. The highest BCUT2D eigenvalue weighted by molar-refractivity contribution is 5.87. The highest BCUT2D eigenvalue weighted by Crippen LogP contribution is 2.28.